The van der Waals surface area contributed by atoms with Gasteiger partial charge in [0.15, 0.2) is 0 Å². The molecule has 0 bridgehead atoms. The third-order valence-electron chi connectivity index (χ3n) is 3.05. The highest BCUT2D eigenvalue weighted by Gasteiger charge is 2.19. The Hall–Kier alpha value is -2.15. The fraction of sp³-hybridized carbons (Fsp3) is 0.0625. The molecule has 0 unspecified atom stereocenters. The summed E-state index contributed by atoms with van der Waals surface area (Å²) in [4.78, 5) is 4.08. The Bertz CT molecular complexity index is 513. The second-order valence-corrected chi connectivity index (χ2v) is 4.16. The standard InChI is InChI=1S/C16H13N/c1-3-7-13(8-4-1)16(15-11-17-12-15)14-9-5-2-6-10-14/h1-12,16H. The number of aliphatic imine (C=N–C) groups is 1. The van der Waals surface area contributed by atoms with Crippen molar-refractivity contribution in [3.63, 3.8) is 0 Å². The fourth-order valence-electron chi connectivity index (χ4n) is 2.18. The van der Waals surface area contributed by atoms with Crippen molar-refractivity contribution < 1.29 is 0 Å². The van der Waals surface area contributed by atoms with Crippen LogP contribution < -0.4 is 0 Å². The minimum absolute atomic E-state index is 0.315. The third-order valence-corrected chi connectivity index (χ3v) is 3.05. The van der Waals surface area contributed by atoms with Gasteiger partial charge < -0.3 is 0 Å². The molecular formula is C16H13N. The molecule has 0 saturated carbocycles. The fourth-order valence-corrected chi connectivity index (χ4v) is 2.18. The van der Waals surface area contributed by atoms with Gasteiger partial charge in [-0.05, 0) is 11.1 Å². The van der Waals surface area contributed by atoms with Crippen molar-refractivity contribution in [3.8, 4) is 0 Å². The molecule has 1 aliphatic heterocycles. The lowest BCUT2D eigenvalue weighted by molar-refractivity contribution is 0.978. The summed E-state index contributed by atoms with van der Waals surface area (Å²) in [5, 5.41) is 0. The molecule has 3 rings (SSSR count). The maximum atomic E-state index is 4.08. The van der Waals surface area contributed by atoms with Crippen LogP contribution in [0.25, 0.3) is 0 Å². The lowest BCUT2D eigenvalue weighted by Crippen LogP contribution is -2.09. The predicted molar refractivity (Wildman–Crippen MR) is 71.3 cm³/mol. The van der Waals surface area contributed by atoms with Gasteiger partial charge in [-0.3, -0.25) is 4.99 Å². The maximum Gasteiger partial charge on any atom is 0.0370 e. The van der Waals surface area contributed by atoms with E-state index >= 15 is 0 Å². The van der Waals surface area contributed by atoms with E-state index in [2.05, 4.69) is 65.7 Å². The number of hydrogen-bond donors (Lipinski definition) is 0. The van der Waals surface area contributed by atoms with E-state index in [0.717, 1.165) is 0 Å². The van der Waals surface area contributed by atoms with Crippen LogP contribution in [-0.4, -0.2) is 6.21 Å². The first kappa shape index (κ1) is 10.0. The molecule has 17 heavy (non-hydrogen) atoms. The first-order valence-electron chi connectivity index (χ1n) is 5.78. The van der Waals surface area contributed by atoms with E-state index in [9.17, 15) is 0 Å². The van der Waals surface area contributed by atoms with Crippen molar-refractivity contribution in [3.05, 3.63) is 83.6 Å². The Morgan fingerprint density at radius 3 is 1.53 bits per heavy atom. The molecule has 82 valence electrons. The van der Waals surface area contributed by atoms with Crippen LogP contribution in [0.15, 0.2) is 77.4 Å². The number of benzene rings is 2. The van der Waals surface area contributed by atoms with Crippen LogP contribution in [0.4, 0.5) is 0 Å². The normalized spacial score (nSPS) is 13.4. The third kappa shape index (κ3) is 1.92. The first-order chi connectivity index (χ1) is 8.45. The summed E-state index contributed by atoms with van der Waals surface area (Å²) in [6, 6.07) is 21.1. The zero-order valence-corrected chi connectivity index (χ0v) is 9.45. The molecule has 0 radical (unpaired) electrons. The number of hydrogen-bond acceptors (Lipinski definition) is 1. The maximum absolute atomic E-state index is 4.08. The highest BCUT2D eigenvalue weighted by Crippen LogP contribution is 2.32. The SMILES string of the molecule is C1=NC=C1C(c1ccccc1)c1ccccc1. The van der Waals surface area contributed by atoms with Gasteiger partial charge in [-0.25, -0.2) is 0 Å². The van der Waals surface area contributed by atoms with E-state index < -0.39 is 0 Å². The highest BCUT2D eigenvalue weighted by molar-refractivity contribution is 5.87. The average Bonchev–Trinajstić information content (AvgIpc) is 2.36. The lowest BCUT2D eigenvalue weighted by Gasteiger charge is -2.21. The molecule has 0 amide bonds. The van der Waals surface area contributed by atoms with Crippen LogP contribution in [-0.2, 0) is 0 Å². The van der Waals surface area contributed by atoms with E-state index in [1.54, 1.807) is 0 Å². The second kappa shape index (κ2) is 4.38. The minimum atomic E-state index is 0.315. The Labute approximate surface area is 101 Å². The molecule has 0 aliphatic carbocycles. The molecule has 0 fully saturated rings. The largest absolute Gasteiger partial charge is 0.264 e. The Kier molecular flexibility index (Phi) is 2.59. The van der Waals surface area contributed by atoms with Crippen molar-refractivity contribution in [2.24, 2.45) is 4.99 Å². The predicted octanol–water partition coefficient (Wildman–Crippen LogP) is 3.79. The van der Waals surface area contributed by atoms with Crippen LogP contribution in [0.3, 0.4) is 0 Å². The summed E-state index contributed by atoms with van der Waals surface area (Å²) in [6.45, 7) is 0. The Morgan fingerprint density at radius 1 is 0.706 bits per heavy atom. The summed E-state index contributed by atoms with van der Waals surface area (Å²) in [6.07, 6.45) is 3.90. The zero-order chi connectivity index (χ0) is 11.5. The number of rotatable bonds is 3. The smallest absolute Gasteiger partial charge is 0.0370 e. The van der Waals surface area contributed by atoms with Crippen molar-refractivity contribution >= 4 is 6.21 Å². The molecule has 1 nitrogen and oxygen atoms in total. The molecule has 1 aliphatic rings. The zero-order valence-electron chi connectivity index (χ0n) is 9.45. The van der Waals surface area contributed by atoms with Crippen molar-refractivity contribution in [1.82, 2.24) is 0 Å². The van der Waals surface area contributed by atoms with Gasteiger partial charge in [-0.1, -0.05) is 60.7 Å². The van der Waals surface area contributed by atoms with Crippen molar-refractivity contribution in [2.75, 3.05) is 0 Å². The van der Waals surface area contributed by atoms with Crippen LogP contribution in [0.1, 0.15) is 17.0 Å². The summed E-state index contributed by atoms with van der Waals surface area (Å²) in [5.74, 6) is 0.315. The number of nitrogens with zero attached hydrogens (tertiary/aromatic N) is 1. The van der Waals surface area contributed by atoms with Gasteiger partial charge >= 0.3 is 0 Å². The Morgan fingerprint density at radius 2 is 1.18 bits per heavy atom. The molecule has 0 saturated heterocycles. The van der Waals surface area contributed by atoms with Crippen LogP contribution >= 0.6 is 0 Å². The molecule has 2 aromatic rings. The molecule has 1 heterocycles. The highest BCUT2D eigenvalue weighted by atomic mass is 14.7. The summed E-state index contributed by atoms with van der Waals surface area (Å²) >= 11 is 0. The van der Waals surface area contributed by atoms with Gasteiger partial charge in [0.05, 0.1) is 0 Å². The monoisotopic (exact) mass is 219 g/mol. The first-order valence-corrected chi connectivity index (χ1v) is 5.78. The molecule has 0 atom stereocenters. The van der Waals surface area contributed by atoms with Crippen LogP contribution in [0.2, 0.25) is 0 Å². The van der Waals surface area contributed by atoms with E-state index in [4.69, 9.17) is 0 Å². The lowest BCUT2D eigenvalue weighted by atomic mass is 9.84. The molecule has 0 N–H and O–H groups in total. The number of allylic oxidation sites excluding steroid dienone is 1. The summed E-state index contributed by atoms with van der Waals surface area (Å²) in [5.41, 5.74) is 3.91. The summed E-state index contributed by atoms with van der Waals surface area (Å²) in [7, 11) is 0. The minimum Gasteiger partial charge on any atom is -0.264 e. The quantitative estimate of drug-likeness (QED) is 0.744. The van der Waals surface area contributed by atoms with Crippen LogP contribution in [0.5, 0.6) is 0 Å². The molecule has 0 spiro atoms. The second-order valence-electron chi connectivity index (χ2n) is 4.16. The topological polar surface area (TPSA) is 12.4 Å². The molecular weight excluding hydrogens is 206 g/mol. The van der Waals surface area contributed by atoms with Gasteiger partial charge in [-0.2, -0.15) is 0 Å². The van der Waals surface area contributed by atoms with E-state index in [1.165, 1.54) is 16.7 Å². The van der Waals surface area contributed by atoms with E-state index in [-0.39, 0.29) is 0 Å². The van der Waals surface area contributed by atoms with Gasteiger partial charge in [0, 0.05) is 23.9 Å². The molecule has 0 aromatic heterocycles. The van der Waals surface area contributed by atoms with Gasteiger partial charge in [0.1, 0.15) is 0 Å². The van der Waals surface area contributed by atoms with Crippen LogP contribution in [0, 0.1) is 0 Å². The van der Waals surface area contributed by atoms with E-state index in [1.807, 2.05) is 12.4 Å². The van der Waals surface area contributed by atoms with Crippen molar-refractivity contribution in [1.29, 1.82) is 0 Å². The molecule has 2 aromatic carbocycles. The van der Waals surface area contributed by atoms with Gasteiger partial charge in [0.2, 0.25) is 0 Å². The Balaban J connectivity index is 2.04. The summed E-state index contributed by atoms with van der Waals surface area (Å²) < 4.78 is 0. The van der Waals surface area contributed by atoms with Crippen molar-refractivity contribution in [2.45, 2.75) is 5.92 Å². The molecule has 1 heteroatoms. The average molecular weight is 219 g/mol. The van der Waals surface area contributed by atoms with E-state index in [0.29, 0.717) is 5.92 Å². The van der Waals surface area contributed by atoms with Gasteiger partial charge in [-0.15, -0.1) is 0 Å². The van der Waals surface area contributed by atoms with Gasteiger partial charge in [0.25, 0.3) is 0 Å².